The van der Waals surface area contributed by atoms with Crippen molar-refractivity contribution in [1.29, 1.82) is 0 Å². The third kappa shape index (κ3) is 1.86. The minimum Gasteiger partial charge on any atom is -0.338 e. The lowest BCUT2D eigenvalue weighted by atomic mass is 10.1. The van der Waals surface area contributed by atoms with Gasteiger partial charge in [-0.2, -0.15) is 5.10 Å². The van der Waals surface area contributed by atoms with E-state index in [0.717, 1.165) is 41.3 Å². The third-order valence-corrected chi connectivity index (χ3v) is 4.83. The molecule has 1 amide bonds. The first-order valence-corrected chi connectivity index (χ1v) is 7.80. The van der Waals surface area contributed by atoms with Crippen LogP contribution in [-0.2, 0) is 0 Å². The maximum absolute atomic E-state index is 12.4. The molecule has 106 valence electrons. The molecule has 4 heterocycles. The second-order valence-electron chi connectivity index (χ2n) is 5.17. The zero-order chi connectivity index (χ0) is 14.4. The summed E-state index contributed by atoms with van der Waals surface area (Å²) in [5.41, 5.74) is 3.30. The Morgan fingerprint density at radius 3 is 2.86 bits per heavy atom. The Kier molecular flexibility index (Phi) is 2.78. The van der Waals surface area contributed by atoms with Gasteiger partial charge < -0.3 is 4.90 Å². The Bertz CT molecular complexity index is 818. The van der Waals surface area contributed by atoms with Crippen LogP contribution < -0.4 is 0 Å². The van der Waals surface area contributed by atoms with Gasteiger partial charge in [0.25, 0.3) is 5.91 Å². The van der Waals surface area contributed by atoms with E-state index < -0.39 is 0 Å². The molecule has 3 aromatic rings. The number of carbonyl (C=O) groups excluding carboxylic acids is 1. The largest absolute Gasteiger partial charge is 0.338 e. The smallest absolute Gasteiger partial charge is 0.257 e. The van der Waals surface area contributed by atoms with Crippen molar-refractivity contribution in [1.82, 2.24) is 19.5 Å². The van der Waals surface area contributed by atoms with Gasteiger partial charge >= 0.3 is 0 Å². The number of carbonyl (C=O) groups is 1. The summed E-state index contributed by atoms with van der Waals surface area (Å²) < 4.78 is 1.77. The van der Waals surface area contributed by atoms with Crippen molar-refractivity contribution in [3.63, 3.8) is 0 Å². The summed E-state index contributed by atoms with van der Waals surface area (Å²) >= 11 is 1.66. The number of rotatable bonds is 2. The normalized spacial score (nSPS) is 14.4. The van der Waals surface area contributed by atoms with Gasteiger partial charge in [0.05, 0.1) is 23.0 Å². The molecule has 0 radical (unpaired) electrons. The lowest BCUT2D eigenvalue weighted by molar-refractivity contribution is 0.0650. The maximum atomic E-state index is 12.4. The Morgan fingerprint density at radius 1 is 1.33 bits per heavy atom. The highest BCUT2D eigenvalue weighted by Crippen LogP contribution is 2.28. The summed E-state index contributed by atoms with van der Waals surface area (Å²) in [5.74, 6) is 0.0568. The van der Waals surface area contributed by atoms with Gasteiger partial charge in [-0.25, -0.2) is 9.50 Å². The topological polar surface area (TPSA) is 50.5 Å². The number of aromatic nitrogens is 3. The Balaban J connectivity index is 1.83. The van der Waals surface area contributed by atoms with Gasteiger partial charge in [-0.3, -0.25) is 4.79 Å². The molecule has 0 bridgehead atoms. The lowest BCUT2D eigenvalue weighted by Crippen LogP contribution is -2.42. The van der Waals surface area contributed by atoms with Crippen molar-refractivity contribution in [2.24, 2.45) is 0 Å². The summed E-state index contributed by atoms with van der Waals surface area (Å²) in [5, 5.41) is 6.45. The number of hydrogen-bond acceptors (Lipinski definition) is 4. The SMILES string of the molecule is Cc1c(C(=O)N2CCC2)cnc2c(-c3cccs3)cnn12. The highest BCUT2D eigenvalue weighted by molar-refractivity contribution is 7.13. The first kappa shape index (κ1) is 12.5. The highest BCUT2D eigenvalue weighted by atomic mass is 32.1. The molecule has 0 spiro atoms. The molecule has 0 atom stereocenters. The van der Waals surface area contributed by atoms with Crippen molar-refractivity contribution >= 4 is 22.9 Å². The van der Waals surface area contributed by atoms with E-state index in [0.29, 0.717) is 5.56 Å². The molecule has 3 aromatic heterocycles. The van der Waals surface area contributed by atoms with Crippen molar-refractivity contribution < 1.29 is 4.79 Å². The van der Waals surface area contributed by atoms with Crippen LogP contribution in [-0.4, -0.2) is 38.5 Å². The van der Waals surface area contributed by atoms with Gasteiger partial charge in [-0.15, -0.1) is 11.3 Å². The summed E-state index contributed by atoms with van der Waals surface area (Å²) in [6, 6.07) is 4.07. The van der Waals surface area contributed by atoms with Gasteiger partial charge in [-0.05, 0) is 24.8 Å². The van der Waals surface area contributed by atoms with Crippen LogP contribution in [0.3, 0.4) is 0 Å². The fourth-order valence-corrected chi connectivity index (χ4v) is 3.28. The van der Waals surface area contributed by atoms with E-state index in [4.69, 9.17) is 0 Å². The number of fused-ring (bicyclic) bond motifs is 1. The third-order valence-electron chi connectivity index (χ3n) is 3.93. The van der Waals surface area contributed by atoms with Crippen LogP contribution in [0.4, 0.5) is 0 Å². The second kappa shape index (κ2) is 4.66. The molecule has 0 aromatic carbocycles. The Labute approximate surface area is 125 Å². The number of thiophene rings is 1. The Hall–Kier alpha value is -2.21. The number of hydrogen-bond donors (Lipinski definition) is 0. The summed E-state index contributed by atoms with van der Waals surface area (Å²) in [7, 11) is 0. The molecule has 0 aliphatic carbocycles. The average Bonchev–Trinajstić information content (AvgIpc) is 3.05. The van der Waals surface area contributed by atoms with Crippen LogP contribution in [0.15, 0.2) is 29.9 Å². The molecule has 0 unspecified atom stereocenters. The molecular formula is C15H14N4OS. The molecule has 1 aliphatic heterocycles. The van der Waals surface area contributed by atoms with Gasteiger partial charge in [-0.1, -0.05) is 6.07 Å². The molecule has 4 rings (SSSR count). The number of aryl methyl sites for hydroxylation is 1. The van der Waals surface area contributed by atoms with Crippen molar-refractivity contribution in [2.75, 3.05) is 13.1 Å². The molecule has 0 saturated carbocycles. The predicted octanol–water partition coefficient (Wildman–Crippen LogP) is 2.61. The van der Waals surface area contributed by atoms with Gasteiger partial charge in [0.15, 0.2) is 5.65 Å². The fraction of sp³-hybridized carbons (Fsp3) is 0.267. The minimum absolute atomic E-state index is 0.0568. The van der Waals surface area contributed by atoms with Crippen LogP contribution in [0.25, 0.3) is 16.1 Å². The molecule has 1 fully saturated rings. The molecule has 5 nitrogen and oxygen atoms in total. The van der Waals surface area contributed by atoms with Crippen LogP contribution >= 0.6 is 11.3 Å². The van der Waals surface area contributed by atoms with E-state index in [1.54, 1.807) is 22.0 Å². The quantitative estimate of drug-likeness (QED) is 0.731. The van der Waals surface area contributed by atoms with E-state index in [1.165, 1.54) is 0 Å². The molecular weight excluding hydrogens is 284 g/mol. The van der Waals surface area contributed by atoms with Crippen LogP contribution in [0, 0.1) is 6.92 Å². The average molecular weight is 298 g/mol. The van der Waals surface area contributed by atoms with Crippen molar-refractivity contribution in [2.45, 2.75) is 13.3 Å². The molecule has 21 heavy (non-hydrogen) atoms. The van der Waals surface area contributed by atoms with E-state index in [-0.39, 0.29) is 5.91 Å². The minimum atomic E-state index is 0.0568. The first-order chi connectivity index (χ1) is 10.3. The van der Waals surface area contributed by atoms with Gasteiger partial charge in [0, 0.05) is 24.2 Å². The summed E-state index contributed by atoms with van der Waals surface area (Å²) in [6.07, 6.45) is 4.59. The van der Waals surface area contributed by atoms with Gasteiger partial charge in [0.1, 0.15) is 0 Å². The fourth-order valence-electron chi connectivity index (χ4n) is 2.55. The van der Waals surface area contributed by atoms with E-state index in [9.17, 15) is 4.79 Å². The molecule has 1 aliphatic rings. The Morgan fingerprint density at radius 2 is 2.19 bits per heavy atom. The molecule has 0 N–H and O–H groups in total. The molecule has 1 saturated heterocycles. The number of amides is 1. The highest BCUT2D eigenvalue weighted by Gasteiger charge is 2.24. The molecule has 6 heteroatoms. The van der Waals surface area contributed by atoms with E-state index >= 15 is 0 Å². The van der Waals surface area contributed by atoms with Crippen molar-refractivity contribution in [3.8, 4) is 10.4 Å². The summed E-state index contributed by atoms with van der Waals surface area (Å²) in [4.78, 5) is 19.8. The second-order valence-corrected chi connectivity index (χ2v) is 6.12. The van der Waals surface area contributed by atoms with Crippen LogP contribution in [0.2, 0.25) is 0 Å². The predicted molar refractivity (Wildman–Crippen MR) is 81.6 cm³/mol. The first-order valence-electron chi connectivity index (χ1n) is 6.92. The van der Waals surface area contributed by atoms with E-state index in [1.807, 2.05) is 29.5 Å². The standard InChI is InChI=1S/C15H14N4OS/c1-10-11(15(20)18-5-3-6-18)8-16-14-12(9-17-19(10)14)13-4-2-7-21-13/h2,4,7-9H,3,5-6H2,1H3. The van der Waals surface area contributed by atoms with Crippen molar-refractivity contribution in [3.05, 3.63) is 41.2 Å². The van der Waals surface area contributed by atoms with E-state index in [2.05, 4.69) is 16.1 Å². The number of likely N-dealkylation sites (tertiary alicyclic amines) is 1. The van der Waals surface area contributed by atoms with Crippen LogP contribution in [0.1, 0.15) is 22.5 Å². The monoisotopic (exact) mass is 298 g/mol. The number of nitrogens with zero attached hydrogens (tertiary/aromatic N) is 4. The lowest BCUT2D eigenvalue weighted by Gasteiger charge is -2.31. The maximum Gasteiger partial charge on any atom is 0.257 e. The van der Waals surface area contributed by atoms with Gasteiger partial charge in [0.2, 0.25) is 0 Å². The zero-order valence-corrected chi connectivity index (χ0v) is 12.4. The zero-order valence-electron chi connectivity index (χ0n) is 11.6. The van der Waals surface area contributed by atoms with Crippen LogP contribution in [0.5, 0.6) is 0 Å². The summed E-state index contributed by atoms with van der Waals surface area (Å²) in [6.45, 7) is 3.61.